The topological polar surface area (TPSA) is 75.0 Å². The van der Waals surface area contributed by atoms with Crippen LogP contribution in [0.25, 0.3) is 0 Å². The Morgan fingerprint density at radius 2 is 2.11 bits per heavy atom. The smallest absolute Gasteiger partial charge is 0.125 e. The Hall–Kier alpha value is -1.42. The van der Waals surface area contributed by atoms with E-state index in [4.69, 9.17) is 5.84 Å². The summed E-state index contributed by atoms with van der Waals surface area (Å²) in [4.78, 5) is 17.1. The van der Waals surface area contributed by atoms with Crippen LogP contribution in [0.5, 0.6) is 0 Å². The third kappa shape index (κ3) is 3.07. The van der Waals surface area contributed by atoms with Gasteiger partial charge in [-0.05, 0) is 40.5 Å². The number of nitrogens with zero attached hydrogens (tertiary/aromatic N) is 2. The number of aromatic nitrogens is 2. The van der Waals surface area contributed by atoms with Gasteiger partial charge in [-0.15, -0.1) is 0 Å². The van der Waals surface area contributed by atoms with Crippen molar-refractivity contribution in [1.29, 1.82) is 0 Å². The molecule has 100 valence electrons. The third-order valence-corrected chi connectivity index (χ3v) is 3.51. The van der Waals surface area contributed by atoms with Crippen molar-refractivity contribution in [2.75, 3.05) is 0 Å². The molecule has 0 unspecified atom stereocenters. The predicted octanol–water partition coefficient (Wildman–Crippen LogP) is 1.68. The number of hydrogen-bond donors (Lipinski definition) is 2. The molecular weight excluding hydrogens is 228 g/mol. The molecule has 18 heavy (non-hydrogen) atoms. The summed E-state index contributed by atoms with van der Waals surface area (Å²) in [6, 6.07) is 0. The van der Waals surface area contributed by atoms with E-state index < -0.39 is 0 Å². The third-order valence-electron chi connectivity index (χ3n) is 3.51. The van der Waals surface area contributed by atoms with Crippen LogP contribution in [0.4, 0.5) is 0 Å². The van der Waals surface area contributed by atoms with Gasteiger partial charge in [-0.25, -0.2) is 14.8 Å². The molecule has 0 radical (unpaired) electrons. The van der Waals surface area contributed by atoms with Crippen LogP contribution in [0.1, 0.15) is 40.5 Å². The van der Waals surface area contributed by atoms with Gasteiger partial charge in [0.25, 0.3) is 0 Å². The number of piperidine rings is 1. The maximum Gasteiger partial charge on any atom is 0.125 e. The van der Waals surface area contributed by atoms with Crippen LogP contribution < -0.4 is 5.84 Å². The molecule has 1 fully saturated rings. The fourth-order valence-corrected chi connectivity index (χ4v) is 2.15. The molecule has 1 aliphatic heterocycles. The van der Waals surface area contributed by atoms with Crippen LogP contribution in [0.2, 0.25) is 0 Å². The summed E-state index contributed by atoms with van der Waals surface area (Å²) >= 11 is 0. The molecule has 0 spiro atoms. The molecule has 0 aliphatic carbocycles. The summed E-state index contributed by atoms with van der Waals surface area (Å²) in [5, 5.41) is 1.77. The number of rotatable bonds is 0. The monoisotopic (exact) mass is 250 g/mol. The van der Waals surface area contributed by atoms with Crippen LogP contribution in [-0.2, 0) is 4.79 Å². The number of imidazole rings is 1. The van der Waals surface area contributed by atoms with Crippen molar-refractivity contribution in [3.05, 3.63) is 24.3 Å². The molecule has 2 heterocycles. The molecule has 0 amide bonds. The molecule has 0 aromatic carbocycles. The van der Waals surface area contributed by atoms with Crippen molar-refractivity contribution in [2.24, 2.45) is 5.84 Å². The minimum atomic E-state index is -0.358. The summed E-state index contributed by atoms with van der Waals surface area (Å²) in [6.45, 7) is 8.12. The second kappa shape index (κ2) is 5.48. The maximum absolute atomic E-state index is 10.7. The molecule has 1 aliphatic rings. The van der Waals surface area contributed by atoms with E-state index in [0.29, 0.717) is 0 Å². The number of nitrogens with one attached hydrogen (secondary N) is 1. The quantitative estimate of drug-likeness (QED) is 0.542. The Bertz CT molecular complexity index is 399. The number of H-pyrrole nitrogens is 1. The molecule has 2 rings (SSSR count). The Balaban J connectivity index is 0.000000269. The summed E-state index contributed by atoms with van der Waals surface area (Å²) in [6.07, 6.45) is 6.80. The maximum atomic E-state index is 10.7. The highest BCUT2D eigenvalue weighted by molar-refractivity contribution is 5.57. The lowest BCUT2D eigenvalue weighted by Crippen LogP contribution is -2.63. The zero-order chi connectivity index (χ0) is 13.8. The van der Waals surface area contributed by atoms with E-state index in [1.54, 1.807) is 23.7 Å². The molecule has 1 saturated heterocycles. The van der Waals surface area contributed by atoms with E-state index in [2.05, 4.69) is 23.8 Å². The number of aromatic amines is 1. The van der Waals surface area contributed by atoms with Gasteiger partial charge < -0.3 is 4.98 Å². The van der Waals surface area contributed by atoms with E-state index in [0.717, 1.165) is 18.4 Å². The minimum absolute atomic E-state index is 0.0378. The molecule has 5 heteroatoms. The van der Waals surface area contributed by atoms with Crippen molar-refractivity contribution >= 4 is 5.94 Å². The molecular formula is C13H22N4O. The van der Waals surface area contributed by atoms with Gasteiger partial charge in [-0.3, -0.25) is 5.84 Å². The number of carbonyl (C=O) groups excluding carboxylic acids is 1. The first-order chi connectivity index (χ1) is 8.32. The SMILES string of the molecule is CC1(C)CCC(=C=O)C(C)(C)N1N.c1c[nH]cn1. The molecule has 3 N–H and O–H groups in total. The summed E-state index contributed by atoms with van der Waals surface area (Å²) < 4.78 is 0. The first kappa shape index (κ1) is 14.6. The highest BCUT2D eigenvalue weighted by Crippen LogP contribution is 2.37. The lowest BCUT2D eigenvalue weighted by molar-refractivity contribution is 0.00736. The Morgan fingerprint density at radius 3 is 2.50 bits per heavy atom. The Morgan fingerprint density at radius 1 is 1.44 bits per heavy atom. The zero-order valence-corrected chi connectivity index (χ0v) is 11.5. The fourth-order valence-electron chi connectivity index (χ4n) is 2.15. The average molecular weight is 250 g/mol. The summed E-state index contributed by atoms with van der Waals surface area (Å²) in [5.74, 6) is 8.00. The number of hydrogen-bond acceptors (Lipinski definition) is 4. The van der Waals surface area contributed by atoms with Gasteiger partial charge in [0.2, 0.25) is 0 Å². The van der Waals surface area contributed by atoms with Crippen molar-refractivity contribution in [3.63, 3.8) is 0 Å². The van der Waals surface area contributed by atoms with Crippen molar-refractivity contribution in [1.82, 2.24) is 15.0 Å². The number of nitrogens with two attached hydrogens (primary N) is 1. The highest BCUT2D eigenvalue weighted by atomic mass is 16.1. The molecule has 1 aromatic rings. The van der Waals surface area contributed by atoms with E-state index in [1.807, 2.05) is 19.8 Å². The van der Waals surface area contributed by atoms with E-state index in [1.165, 1.54) is 0 Å². The molecule has 5 nitrogen and oxygen atoms in total. The van der Waals surface area contributed by atoms with Gasteiger partial charge in [0, 0.05) is 23.5 Å². The summed E-state index contributed by atoms with van der Waals surface area (Å²) in [5.41, 5.74) is 0.377. The summed E-state index contributed by atoms with van der Waals surface area (Å²) in [7, 11) is 0. The van der Waals surface area contributed by atoms with Crippen LogP contribution in [-0.4, -0.2) is 32.0 Å². The van der Waals surface area contributed by atoms with Crippen LogP contribution in [0.3, 0.4) is 0 Å². The van der Waals surface area contributed by atoms with Crippen LogP contribution in [0, 0.1) is 0 Å². The molecule has 0 saturated carbocycles. The lowest BCUT2D eigenvalue weighted by atomic mass is 9.78. The van der Waals surface area contributed by atoms with E-state index in [9.17, 15) is 4.79 Å². The first-order valence-electron chi connectivity index (χ1n) is 6.04. The van der Waals surface area contributed by atoms with E-state index >= 15 is 0 Å². The van der Waals surface area contributed by atoms with Gasteiger partial charge >= 0.3 is 0 Å². The minimum Gasteiger partial charge on any atom is -0.351 e. The van der Waals surface area contributed by atoms with Gasteiger partial charge in [-0.2, -0.15) is 0 Å². The standard InChI is InChI=1S/C10H18N2O.C3H4N2/c1-9(2)6-5-8(7-13)10(3,4)12(9)11;1-2-5-3-4-1/h5-6,11H2,1-4H3;1-3H,(H,4,5). The Kier molecular flexibility index (Phi) is 4.46. The van der Waals surface area contributed by atoms with Crippen molar-refractivity contribution in [3.8, 4) is 0 Å². The van der Waals surface area contributed by atoms with Gasteiger partial charge in [0.05, 0.1) is 11.9 Å². The molecule has 0 bridgehead atoms. The van der Waals surface area contributed by atoms with Crippen LogP contribution in [0.15, 0.2) is 24.3 Å². The van der Waals surface area contributed by atoms with E-state index in [-0.39, 0.29) is 11.1 Å². The zero-order valence-electron chi connectivity index (χ0n) is 11.5. The largest absolute Gasteiger partial charge is 0.351 e. The van der Waals surface area contributed by atoms with Crippen LogP contribution >= 0.6 is 0 Å². The number of hydrazine groups is 1. The Labute approximate surface area is 108 Å². The highest BCUT2D eigenvalue weighted by Gasteiger charge is 2.43. The van der Waals surface area contributed by atoms with Crippen molar-refractivity contribution in [2.45, 2.75) is 51.6 Å². The van der Waals surface area contributed by atoms with Gasteiger partial charge in [-0.1, -0.05) is 0 Å². The van der Waals surface area contributed by atoms with Crippen molar-refractivity contribution < 1.29 is 4.79 Å². The molecule has 0 atom stereocenters. The van der Waals surface area contributed by atoms with Gasteiger partial charge in [0.1, 0.15) is 5.94 Å². The normalized spacial score (nSPS) is 21.7. The fraction of sp³-hybridized carbons (Fsp3) is 0.615. The first-order valence-corrected chi connectivity index (χ1v) is 6.04. The second-order valence-electron chi connectivity index (χ2n) is 5.58. The predicted molar refractivity (Wildman–Crippen MR) is 71.2 cm³/mol. The lowest BCUT2D eigenvalue weighted by Gasteiger charge is -2.50. The van der Waals surface area contributed by atoms with Gasteiger partial charge in [0.15, 0.2) is 0 Å². The second-order valence-corrected chi connectivity index (χ2v) is 5.58. The molecule has 1 aromatic heterocycles. The average Bonchev–Trinajstić information content (AvgIpc) is 2.85.